The molecule has 2 aliphatic heterocycles. The van der Waals surface area contributed by atoms with Crippen LogP contribution in [0.4, 0.5) is 0 Å². The lowest BCUT2D eigenvalue weighted by molar-refractivity contribution is -0.145. The van der Waals surface area contributed by atoms with Crippen LogP contribution in [0.1, 0.15) is 75.1 Å². The van der Waals surface area contributed by atoms with E-state index in [4.69, 9.17) is 0 Å². The van der Waals surface area contributed by atoms with E-state index in [1.807, 2.05) is 27.5 Å². The summed E-state index contributed by atoms with van der Waals surface area (Å²) in [5, 5.41) is 4.51. The molecule has 25 heavy (non-hydrogen) atoms. The smallest absolute Gasteiger partial charge is 0.275 e. The van der Waals surface area contributed by atoms with Gasteiger partial charge in [-0.3, -0.25) is 14.3 Å². The minimum Gasteiger partial charge on any atom is -0.341 e. The normalized spacial score (nSPS) is 24.0. The van der Waals surface area contributed by atoms with Gasteiger partial charge in [-0.1, -0.05) is 6.92 Å². The molecule has 6 nitrogen and oxygen atoms in total. The van der Waals surface area contributed by atoms with E-state index in [2.05, 4.69) is 25.9 Å². The number of carbonyl (C=O) groups excluding carboxylic acids is 2. The molecule has 2 aliphatic rings. The molecule has 0 aliphatic carbocycles. The maximum atomic E-state index is 13.2. The monoisotopic (exact) mass is 346 g/mol. The van der Waals surface area contributed by atoms with Gasteiger partial charge in [-0.15, -0.1) is 0 Å². The van der Waals surface area contributed by atoms with E-state index in [1.165, 1.54) is 0 Å². The lowest BCUT2D eigenvalue weighted by Gasteiger charge is -2.44. The van der Waals surface area contributed by atoms with Crippen LogP contribution in [0.5, 0.6) is 0 Å². The first-order valence-corrected chi connectivity index (χ1v) is 9.58. The highest BCUT2D eigenvalue weighted by molar-refractivity contribution is 5.99. The zero-order valence-electron chi connectivity index (χ0n) is 15.9. The Bertz CT molecular complexity index is 664. The molecule has 0 saturated carbocycles. The van der Waals surface area contributed by atoms with E-state index in [-0.39, 0.29) is 17.9 Å². The van der Waals surface area contributed by atoms with Crippen LogP contribution in [0.15, 0.2) is 6.07 Å². The summed E-state index contributed by atoms with van der Waals surface area (Å²) in [7, 11) is 0. The topological polar surface area (TPSA) is 58.4 Å². The first kappa shape index (κ1) is 18.0. The third kappa shape index (κ3) is 2.96. The molecule has 3 heterocycles. The van der Waals surface area contributed by atoms with E-state index < -0.39 is 5.54 Å². The maximum Gasteiger partial charge on any atom is 0.275 e. The summed E-state index contributed by atoms with van der Waals surface area (Å²) in [6.45, 7) is 10.4. The number of likely N-dealkylation sites (tertiary alicyclic amines) is 2. The maximum absolute atomic E-state index is 13.2. The Balaban J connectivity index is 1.89. The Morgan fingerprint density at radius 2 is 1.96 bits per heavy atom. The first-order chi connectivity index (χ1) is 11.9. The first-order valence-electron chi connectivity index (χ1n) is 9.58. The molecule has 1 aromatic heterocycles. The van der Waals surface area contributed by atoms with Crippen LogP contribution in [-0.2, 0) is 4.79 Å². The van der Waals surface area contributed by atoms with Gasteiger partial charge in [-0.25, -0.2) is 0 Å². The van der Waals surface area contributed by atoms with Gasteiger partial charge in [0, 0.05) is 31.4 Å². The number of aryl methyl sites for hydroxylation is 1. The van der Waals surface area contributed by atoms with Crippen molar-refractivity contribution in [1.29, 1.82) is 0 Å². The Morgan fingerprint density at radius 1 is 1.28 bits per heavy atom. The molecule has 0 radical (unpaired) electrons. The van der Waals surface area contributed by atoms with Gasteiger partial charge in [0.1, 0.15) is 5.54 Å². The molecule has 6 heteroatoms. The van der Waals surface area contributed by atoms with Gasteiger partial charge < -0.3 is 9.80 Å². The average Bonchev–Trinajstić information content (AvgIpc) is 3.16. The minimum absolute atomic E-state index is 0.0910. The highest BCUT2D eigenvalue weighted by Crippen LogP contribution is 2.39. The summed E-state index contributed by atoms with van der Waals surface area (Å²) in [4.78, 5) is 30.1. The van der Waals surface area contributed by atoms with Crippen molar-refractivity contribution < 1.29 is 9.59 Å². The van der Waals surface area contributed by atoms with Crippen molar-refractivity contribution in [3.63, 3.8) is 0 Å². The summed E-state index contributed by atoms with van der Waals surface area (Å²) < 4.78 is 1.88. The van der Waals surface area contributed by atoms with Gasteiger partial charge in [0.2, 0.25) is 5.91 Å². The van der Waals surface area contributed by atoms with Crippen LogP contribution >= 0.6 is 0 Å². The quantitative estimate of drug-likeness (QED) is 0.842. The number of hydrogen-bond donors (Lipinski definition) is 0. The Labute approximate surface area is 150 Å². The van der Waals surface area contributed by atoms with Crippen molar-refractivity contribution in [1.82, 2.24) is 19.6 Å². The average molecular weight is 346 g/mol. The van der Waals surface area contributed by atoms with Gasteiger partial charge in [0.05, 0.1) is 0 Å². The molecule has 2 saturated heterocycles. The molecule has 1 aromatic rings. The molecule has 1 unspecified atom stereocenters. The molecule has 0 N–H and O–H groups in total. The summed E-state index contributed by atoms with van der Waals surface area (Å²) in [5.41, 5.74) is 0.807. The van der Waals surface area contributed by atoms with E-state index in [0.717, 1.165) is 50.9 Å². The van der Waals surface area contributed by atoms with Gasteiger partial charge in [0.15, 0.2) is 5.69 Å². The van der Waals surface area contributed by atoms with E-state index in [0.29, 0.717) is 12.2 Å². The Hall–Kier alpha value is -1.85. The number of aromatic nitrogens is 2. The minimum atomic E-state index is -0.639. The van der Waals surface area contributed by atoms with Crippen LogP contribution in [0.2, 0.25) is 0 Å². The second-order valence-corrected chi connectivity index (χ2v) is 7.70. The van der Waals surface area contributed by atoms with Crippen molar-refractivity contribution in [2.45, 2.75) is 71.4 Å². The zero-order valence-corrected chi connectivity index (χ0v) is 15.9. The van der Waals surface area contributed by atoms with Gasteiger partial charge in [-0.2, -0.15) is 5.10 Å². The second kappa shape index (κ2) is 6.81. The zero-order chi connectivity index (χ0) is 18.2. The largest absolute Gasteiger partial charge is 0.341 e. The van der Waals surface area contributed by atoms with Crippen molar-refractivity contribution >= 4 is 11.8 Å². The predicted octanol–water partition coefficient (Wildman–Crippen LogP) is 2.78. The standard InChI is InChI=1S/C19H30N4O2/c1-5-10-21-11-6-8-19(18(21)25)9-7-12-22(19)17(24)16-13-15(4)23(20-16)14(2)3/h13-14H,5-12H2,1-4H3. The van der Waals surface area contributed by atoms with Crippen molar-refractivity contribution in [3.8, 4) is 0 Å². The van der Waals surface area contributed by atoms with Crippen LogP contribution in [-0.4, -0.2) is 56.6 Å². The van der Waals surface area contributed by atoms with Crippen LogP contribution < -0.4 is 0 Å². The molecule has 0 aromatic carbocycles. The predicted molar refractivity (Wildman–Crippen MR) is 96.5 cm³/mol. The summed E-state index contributed by atoms with van der Waals surface area (Å²) in [6.07, 6.45) is 4.37. The van der Waals surface area contributed by atoms with Crippen molar-refractivity contribution in [2.75, 3.05) is 19.6 Å². The fourth-order valence-electron chi connectivity index (χ4n) is 4.46. The number of hydrogen-bond acceptors (Lipinski definition) is 3. The number of piperidine rings is 1. The van der Waals surface area contributed by atoms with E-state index in [9.17, 15) is 9.59 Å². The molecule has 1 spiro atoms. The lowest BCUT2D eigenvalue weighted by atomic mass is 9.85. The van der Waals surface area contributed by atoms with Gasteiger partial charge in [-0.05, 0) is 58.9 Å². The lowest BCUT2D eigenvalue weighted by Crippen LogP contribution is -2.61. The van der Waals surface area contributed by atoms with Crippen LogP contribution in [0.3, 0.4) is 0 Å². The highest BCUT2D eigenvalue weighted by Gasteiger charge is 2.52. The van der Waals surface area contributed by atoms with Gasteiger partial charge in [0.25, 0.3) is 5.91 Å². The second-order valence-electron chi connectivity index (χ2n) is 7.70. The third-order valence-electron chi connectivity index (χ3n) is 5.56. The Morgan fingerprint density at radius 3 is 2.56 bits per heavy atom. The third-order valence-corrected chi connectivity index (χ3v) is 5.56. The molecule has 3 rings (SSSR count). The number of amides is 2. The van der Waals surface area contributed by atoms with E-state index >= 15 is 0 Å². The molecule has 138 valence electrons. The highest BCUT2D eigenvalue weighted by atomic mass is 16.2. The molecule has 1 atom stereocenters. The molecular formula is C19H30N4O2. The van der Waals surface area contributed by atoms with Crippen LogP contribution in [0.25, 0.3) is 0 Å². The van der Waals surface area contributed by atoms with Crippen molar-refractivity contribution in [3.05, 3.63) is 17.5 Å². The SMILES string of the molecule is CCCN1CCCC2(CCCN2C(=O)c2cc(C)n(C(C)C)n2)C1=O. The summed E-state index contributed by atoms with van der Waals surface area (Å²) >= 11 is 0. The summed E-state index contributed by atoms with van der Waals surface area (Å²) in [6, 6.07) is 2.07. The molecule has 0 bridgehead atoms. The fourth-order valence-corrected chi connectivity index (χ4v) is 4.46. The van der Waals surface area contributed by atoms with Gasteiger partial charge >= 0.3 is 0 Å². The van der Waals surface area contributed by atoms with Crippen LogP contribution in [0, 0.1) is 6.92 Å². The summed E-state index contributed by atoms with van der Waals surface area (Å²) in [5.74, 6) is 0.0539. The number of nitrogens with zero attached hydrogens (tertiary/aromatic N) is 4. The molecular weight excluding hydrogens is 316 g/mol. The Kier molecular flexibility index (Phi) is 4.89. The molecule has 2 amide bonds. The van der Waals surface area contributed by atoms with E-state index in [1.54, 1.807) is 0 Å². The number of carbonyl (C=O) groups is 2. The fraction of sp³-hybridized carbons (Fsp3) is 0.737. The van der Waals surface area contributed by atoms with Crippen molar-refractivity contribution in [2.24, 2.45) is 0 Å². The number of rotatable bonds is 4. The molecule has 2 fully saturated rings.